The standard InChI is InChI=1S/C10H16S/c1-3-5-10-8-9(4-2)6-7-11-10/h3,9-10H,1,4-7H2,2H3. The quantitative estimate of drug-likeness (QED) is 0.583. The molecule has 0 aromatic heterocycles. The van der Waals surface area contributed by atoms with Gasteiger partial charge in [0.2, 0.25) is 0 Å². The minimum atomic E-state index is 0.631. The summed E-state index contributed by atoms with van der Waals surface area (Å²) in [6.45, 7) is 6.00. The fourth-order valence-electron chi connectivity index (χ4n) is 1.36. The fraction of sp³-hybridized carbons (Fsp3) is 0.700. The predicted octanol–water partition coefficient (Wildman–Crippen LogP) is 3.18. The van der Waals surface area contributed by atoms with Gasteiger partial charge in [0.15, 0.2) is 0 Å². The molecule has 0 N–H and O–H groups in total. The van der Waals surface area contributed by atoms with Crippen molar-refractivity contribution in [1.29, 1.82) is 0 Å². The van der Waals surface area contributed by atoms with Crippen LogP contribution in [0.4, 0.5) is 0 Å². The van der Waals surface area contributed by atoms with Crippen molar-refractivity contribution in [3.63, 3.8) is 0 Å². The lowest BCUT2D eigenvalue weighted by molar-refractivity contribution is 0.539. The Bertz CT molecular complexity index is 120. The van der Waals surface area contributed by atoms with E-state index in [2.05, 4.69) is 19.9 Å². The maximum atomic E-state index is 3.75. The van der Waals surface area contributed by atoms with Gasteiger partial charge in [0.25, 0.3) is 0 Å². The molecule has 0 aromatic carbocycles. The normalized spacial score (nSPS) is 31.7. The molecule has 0 amide bonds. The van der Waals surface area contributed by atoms with Crippen LogP contribution in [0.1, 0.15) is 26.2 Å². The SMILES string of the molecule is C=CCC1[C]C(CC)CCS1. The number of hydrogen-bond acceptors (Lipinski definition) is 1. The van der Waals surface area contributed by atoms with Gasteiger partial charge in [-0.15, -0.1) is 6.58 Å². The molecular weight excluding hydrogens is 152 g/mol. The highest BCUT2D eigenvalue weighted by Crippen LogP contribution is 2.32. The summed E-state index contributed by atoms with van der Waals surface area (Å²) in [5.41, 5.74) is 0. The molecule has 2 unspecified atom stereocenters. The molecule has 0 aliphatic carbocycles. The number of allylic oxidation sites excluding steroid dienone is 1. The van der Waals surface area contributed by atoms with Gasteiger partial charge in [-0.05, 0) is 24.5 Å². The highest BCUT2D eigenvalue weighted by atomic mass is 32.2. The Kier molecular flexibility index (Phi) is 4.06. The van der Waals surface area contributed by atoms with Crippen LogP contribution in [0.15, 0.2) is 12.7 Å². The summed E-state index contributed by atoms with van der Waals surface area (Å²) >= 11 is 2.02. The van der Waals surface area contributed by atoms with Crippen LogP contribution >= 0.6 is 11.8 Å². The van der Waals surface area contributed by atoms with E-state index in [0.29, 0.717) is 5.25 Å². The van der Waals surface area contributed by atoms with Crippen molar-refractivity contribution in [2.75, 3.05) is 5.75 Å². The van der Waals surface area contributed by atoms with Gasteiger partial charge < -0.3 is 0 Å². The summed E-state index contributed by atoms with van der Waals surface area (Å²) in [4.78, 5) is 0. The monoisotopic (exact) mass is 168 g/mol. The van der Waals surface area contributed by atoms with Crippen LogP contribution in [0.25, 0.3) is 0 Å². The summed E-state index contributed by atoms with van der Waals surface area (Å²) in [5, 5.41) is 0.631. The average molecular weight is 168 g/mol. The fourth-order valence-corrected chi connectivity index (χ4v) is 2.62. The Morgan fingerprint density at radius 2 is 2.55 bits per heavy atom. The van der Waals surface area contributed by atoms with E-state index in [1.54, 1.807) is 0 Å². The van der Waals surface area contributed by atoms with Gasteiger partial charge in [0, 0.05) is 11.7 Å². The first kappa shape index (κ1) is 9.18. The summed E-state index contributed by atoms with van der Waals surface area (Å²) in [7, 11) is 0. The summed E-state index contributed by atoms with van der Waals surface area (Å²) in [6, 6.07) is 0. The van der Waals surface area contributed by atoms with Crippen LogP contribution in [0, 0.1) is 12.3 Å². The molecule has 0 aromatic rings. The van der Waals surface area contributed by atoms with Crippen LogP contribution in [-0.4, -0.2) is 11.0 Å². The van der Waals surface area contributed by atoms with Crippen molar-refractivity contribution in [2.45, 2.75) is 31.4 Å². The van der Waals surface area contributed by atoms with Crippen LogP contribution < -0.4 is 0 Å². The molecule has 2 radical (unpaired) electrons. The molecule has 1 fully saturated rings. The Hall–Kier alpha value is 0.0900. The smallest absolute Gasteiger partial charge is 0.0153 e. The average Bonchev–Trinajstić information content (AvgIpc) is 2.06. The second-order valence-corrected chi connectivity index (χ2v) is 4.25. The molecule has 0 nitrogen and oxygen atoms in total. The molecule has 1 aliphatic heterocycles. The molecule has 62 valence electrons. The third-order valence-corrected chi connectivity index (χ3v) is 3.28. The van der Waals surface area contributed by atoms with E-state index in [9.17, 15) is 0 Å². The summed E-state index contributed by atoms with van der Waals surface area (Å²) in [5.74, 6) is 2.06. The van der Waals surface area contributed by atoms with Gasteiger partial charge in [-0.3, -0.25) is 0 Å². The zero-order chi connectivity index (χ0) is 8.10. The van der Waals surface area contributed by atoms with E-state index in [4.69, 9.17) is 0 Å². The van der Waals surface area contributed by atoms with Gasteiger partial charge in [-0.2, -0.15) is 11.8 Å². The Morgan fingerprint density at radius 1 is 1.73 bits per heavy atom. The topological polar surface area (TPSA) is 0 Å². The summed E-state index contributed by atoms with van der Waals surface area (Å²) < 4.78 is 0. The lowest BCUT2D eigenvalue weighted by Gasteiger charge is -2.26. The van der Waals surface area contributed by atoms with Crippen LogP contribution in [0.5, 0.6) is 0 Å². The molecular formula is C10H16S. The molecule has 0 spiro atoms. The number of thioether (sulfide) groups is 1. The molecule has 1 aliphatic rings. The Balaban J connectivity index is 2.27. The van der Waals surface area contributed by atoms with Crippen LogP contribution in [0.3, 0.4) is 0 Å². The largest absolute Gasteiger partial charge is 0.158 e. The van der Waals surface area contributed by atoms with Crippen molar-refractivity contribution >= 4 is 11.8 Å². The van der Waals surface area contributed by atoms with Gasteiger partial charge >= 0.3 is 0 Å². The maximum absolute atomic E-state index is 3.75. The third kappa shape index (κ3) is 2.90. The first-order valence-corrected chi connectivity index (χ1v) is 5.40. The highest BCUT2D eigenvalue weighted by molar-refractivity contribution is 8.00. The third-order valence-electron chi connectivity index (χ3n) is 2.08. The van der Waals surface area contributed by atoms with E-state index in [1.807, 2.05) is 17.8 Å². The van der Waals surface area contributed by atoms with E-state index in [-0.39, 0.29) is 0 Å². The van der Waals surface area contributed by atoms with Crippen molar-refractivity contribution in [3.8, 4) is 0 Å². The van der Waals surface area contributed by atoms with Gasteiger partial charge in [0.05, 0.1) is 0 Å². The van der Waals surface area contributed by atoms with E-state index in [0.717, 1.165) is 12.3 Å². The van der Waals surface area contributed by atoms with Crippen LogP contribution in [0.2, 0.25) is 0 Å². The lowest BCUT2D eigenvalue weighted by Crippen LogP contribution is -2.18. The van der Waals surface area contributed by atoms with Crippen molar-refractivity contribution < 1.29 is 0 Å². The Morgan fingerprint density at radius 3 is 3.18 bits per heavy atom. The van der Waals surface area contributed by atoms with E-state index in [1.165, 1.54) is 18.6 Å². The first-order valence-electron chi connectivity index (χ1n) is 4.35. The maximum Gasteiger partial charge on any atom is 0.0153 e. The Labute approximate surface area is 74.5 Å². The molecule has 11 heavy (non-hydrogen) atoms. The molecule has 1 saturated heterocycles. The second-order valence-electron chi connectivity index (χ2n) is 2.94. The minimum absolute atomic E-state index is 0.631. The van der Waals surface area contributed by atoms with Gasteiger partial charge in [-0.25, -0.2) is 0 Å². The first-order chi connectivity index (χ1) is 5.36. The second kappa shape index (κ2) is 4.87. The van der Waals surface area contributed by atoms with Gasteiger partial charge in [0.1, 0.15) is 0 Å². The molecule has 0 saturated carbocycles. The summed E-state index contributed by atoms with van der Waals surface area (Å²) in [6.07, 6.45) is 9.28. The number of hydrogen-bond donors (Lipinski definition) is 0. The van der Waals surface area contributed by atoms with Gasteiger partial charge in [-0.1, -0.05) is 19.4 Å². The molecule has 1 heterocycles. The van der Waals surface area contributed by atoms with E-state index >= 15 is 0 Å². The highest BCUT2D eigenvalue weighted by Gasteiger charge is 2.20. The molecule has 1 heteroatoms. The van der Waals surface area contributed by atoms with Crippen molar-refractivity contribution in [2.24, 2.45) is 5.92 Å². The predicted molar refractivity (Wildman–Crippen MR) is 52.7 cm³/mol. The zero-order valence-electron chi connectivity index (χ0n) is 7.18. The van der Waals surface area contributed by atoms with Crippen LogP contribution in [-0.2, 0) is 0 Å². The zero-order valence-corrected chi connectivity index (χ0v) is 7.99. The minimum Gasteiger partial charge on any atom is -0.158 e. The molecule has 2 atom stereocenters. The van der Waals surface area contributed by atoms with Crippen molar-refractivity contribution in [3.05, 3.63) is 19.1 Å². The number of rotatable bonds is 3. The lowest BCUT2D eigenvalue weighted by atomic mass is 9.96. The molecule has 0 bridgehead atoms. The van der Waals surface area contributed by atoms with Crippen molar-refractivity contribution in [1.82, 2.24) is 0 Å². The van der Waals surface area contributed by atoms with E-state index < -0.39 is 0 Å². The molecule has 1 rings (SSSR count).